The molecular weight excluding hydrogens is 444 g/mol. The zero-order valence-electron chi connectivity index (χ0n) is 19.0. The summed E-state index contributed by atoms with van der Waals surface area (Å²) in [7, 11) is 0. The number of allylic oxidation sites excluding steroid dienone is 2. The topological polar surface area (TPSA) is 95.9 Å². The molecule has 176 valence electrons. The fourth-order valence-corrected chi connectivity index (χ4v) is 4.95. The fourth-order valence-electron chi connectivity index (χ4n) is 4.95. The van der Waals surface area contributed by atoms with E-state index in [9.17, 15) is 19.5 Å². The van der Waals surface area contributed by atoms with Crippen LogP contribution in [0, 0.1) is 5.92 Å². The van der Waals surface area contributed by atoms with Gasteiger partial charge in [-0.05, 0) is 54.4 Å². The number of nitrogens with one attached hydrogen (secondary N) is 1. The second kappa shape index (κ2) is 9.10. The van der Waals surface area contributed by atoms with Crippen LogP contribution in [0.15, 0.2) is 84.9 Å². The molecule has 3 unspecified atom stereocenters. The van der Waals surface area contributed by atoms with Crippen molar-refractivity contribution in [2.75, 3.05) is 10.2 Å². The number of hydrogen-bond acceptors (Lipinski definition) is 5. The summed E-state index contributed by atoms with van der Waals surface area (Å²) in [5.74, 6) is -1.50. The van der Waals surface area contributed by atoms with Gasteiger partial charge in [-0.1, -0.05) is 42.5 Å². The minimum absolute atomic E-state index is 0.0602. The zero-order chi connectivity index (χ0) is 24.5. The summed E-state index contributed by atoms with van der Waals surface area (Å²) in [5, 5.41) is 12.8. The van der Waals surface area contributed by atoms with E-state index >= 15 is 0 Å². The molecular formula is C28H24N2O5. The normalized spacial score (nSPS) is 19.7. The summed E-state index contributed by atoms with van der Waals surface area (Å²) in [4.78, 5) is 38.8. The molecule has 3 aromatic rings. The molecule has 0 spiro atoms. The number of amides is 1. The van der Waals surface area contributed by atoms with Gasteiger partial charge in [0.25, 0.3) is 0 Å². The minimum Gasteiger partial charge on any atom is -0.480 e. The number of carbonyl (C=O) groups excluding carboxylic acids is 2. The van der Waals surface area contributed by atoms with Gasteiger partial charge in [0.2, 0.25) is 5.91 Å². The number of ether oxygens (including phenoxy) is 1. The second-order valence-corrected chi connectivity index (χ2v) is 8.66. The lowest BCUT2D eigenvalue weighted by atomic mass is 9.78. The van der Waals surface area contributed by atoms with Crippen molar-refractivity contribution in [3.05, 3.63) is 96.1 Å². The van der Waals surface area contributed by atoms with Crippen LogP contribution in [0.25, 0.3) is 0 Å². The van der Waals surface area contributed by atoms with E-state index in [1.807, 2.05) is 48.6 Å². The third-order valence-electron chi connectivity index (χ3n) is 6.52. The molecule has 35 heavy (non-hydrogen) atoms. The first-order chi connectivity index (χ1) is 16.9. The number of aliphatic carboxylic acids is 1. The van der Waals surface area contributed by atoms with E-state index < -0.39 is 18.0 Å². The van der Waals surface area contributed by atoms with Gasteiger partial charge < -0.3 is 15.2 Å². The van der Waals surface area contributed by atoms with Crippen LogP contribution in [0.3, 0.4) is 0 Å². The van der Waals surface area contributed by atoms with Crippen LogP contribution in [0.1, 0.15) is 35.2 Å². The van der Waals surface area contributed by atoms with Crippen molar-refractivity contribution >= 4 is 34.9 Å². The molecule has 3 atom stereocenters. The predicted octanol–water partition coefficient (Wildman–Crippen LogP) is 5.13. The number of nitrogens with zero attached hydrogens (tertiary/aromatic N) is 1. The number of hydrogen-bond donors (Lipinski definition) is 2. The third kappa shape index (κ3) is 4.17. The van der Waals surface area contributed by atoms with Crippen molar-refractivity contribution in [3.63, 3.8) is 0 Å². The van der Waals surface area contributed by atoms with Crippen LogP contribution in [0.2, 0.25) is 0 Å². The number of carbonyl (C=O) groups is 3. The molecule has 0 saturated carbocycles. The van der Waals surface area contributed by atoms with E-state index in [4.69, 9.17) is 4.74 Å². The van der Waals surface area contributed by atoms with Crippen molar-refractivity contribution in [1.82, 2.24) is 0 Å². The van der Waals surface area contributed by atoms with Crippen LogP contribution in [0.4, 0.5) is 17.1 Å². The molecule has 2 aliphatic rings. The third-order valence-corrected chi connectivity index (χ3v) is 6.52. The molecule has 7 heteroatoms. The molecule has 5 rings (SSSR count). The van der Waals surface area contributed by atoms with E-state index in [0.29, 0.717) is 23.5 Å². The summed E-state index contributed by atoms with van der Waals surface area (Å²) in [6, 6.07) is 20.5. The molecule has 0 bridgehead atoms. The average molecular weight is 469 g/mol. The highest BCUT2D eigenvalue weighted by Gasteiger charge is 2.42. The Morgan fingerprint density at radius 1 is 0.943 bits per heavy atom. The van der Waals surface area contributed by atoms with Crippen LogP contribution in [-0.4, -0.2) is 29.0 Å². The second-order valence-electron chi connectivity index (χ2n) is 8.66. The van der Waals surface area contributed by atoms with Gasteiger partial charge in [0.1, 0.15) is 11.8 Å². The first kappa shape index (κ1) is 22.4. The largest absolute Gasteiger partial charge is 0.480 e. The minimum atomic E-state index is -0.943. The number of anilines is 3. The molecule has 1 aliphatic heterocycles. The lowest BCUT2D eigenvalue weighted by Crippen LogP contribution is -2.42. The maximum absolute atomic E-state index is 13.1. The molecule has 1 amide bonds. The van der Waals surface area contributed by atoms with Gasteiger partial charge in [0, 0.05) is 30.1 Å². The van der Waals surface area contributed by atoms with Crippen LogP contribution < -0.4 is 15.0 Å². The van der Waals surface area contributed by atoms with Gasteiger partial charge in [0.15, 0.2) is 0 Å². The Morgan fingerprint density at radius 2 is 1.66 bits per heavy atom. The Morgan fingerprint density at radius 3 is 2.34 bits per heavy atom. The molecule has 1 aliphatic carbocycles. The van der Waals surface area contributed by atoms with Crippen LogP contribution in [-0.2, 0) is 9.59 Å². The standard InChI is InChI=1S/C28H24N2O5/c1-17(31)30(18-7-3-2-4-8-18)19-13-15-20(16-14-19)35-28(34)24-12-6-10-22-21-9-5-11-23(21)26(27(32)33)29-25(22)24/h2-10,12-16,21,23,26,29H,11H2,1H3,(H,32,33). The maximum Gasteiger partial charge on any atom is 0.345 e. The van der Waals surface area contributed by atoms with Crippen LogP contribution >= 0.6 is 0 Å². The maximum atomic E-state index is 13.1. The summed E-state index contributed by atoms with van der Waals surface area (Å²) < 4.78 is 5.63. The monoisotopic (exact) mass is 468 g/mol. The van der Waals surface area contributed by atoms with E-state index in [1.165, 1.54) is 6.92 Å². The van der Waals surface area contributed by atoms with Gasteiger partial charge >= 0.3 is 11.9 Å². The number of carboxylic acids is 1. The highest BCUT2D eigenvalue weighted by molar-refractivity contribution is 6.00. The Labute approximate surface area is 202 Å². The Bertz CT molecular complexity index is 1320. The Balaban J connectivity index is 1.40. The number of benzene rings is 3. The first-order valence-electron chi connectivity index (χ1n) is 11.4. The van der Waals surface area contributed by atoms with Gasteiger partial charge in [-0.15, -0.1) is 0 Å². The number of fused-ring (bicyclic) bond motifs is 3. The van der Waals surface area contributed by atoms with Crippen molar-refractivity contribution < 1.29 is 24.2 Å². The number of rotatable bonds is 5. The van der Waals surface area contributed by atoms with Crippen molar-refractivity contribution in [3.8, 4) is 5.75 Å². The van der Waals surface area contributed by atoms with E-state index in [2.05, 4.69) is 5.32 Å². The molecule has 0 fully saturated rings. The molecule has 0 saturated heterocycles. The number of carboxylic acid groups (broad SMARTS) is 1. The molecule has 0 aromatic heterocycles. The van der Waals surface area contributed by atoms with E-state index in [1.54, 1.807) is 41.3 Å². The molecule has 0 radical (unpaired) electrons. The molecule has 7 nitrogen and oxygen atoms in total. The Hall–Kier alpha value is -4.39. The molecule has 2 N–H and O–H groups in total. The van der Waals surface area contributed by atoms with Gasteiger partial charge in [-0.2, -0.15) is 0 Å². The Kier molecular flexibility index (Phi) is 5.82. The molecule has 1 heterocycles. The molecule has 3 aromatic carbocycles. The van der Waals surface area contributed by atoms with Gasteiger partial charge in [0.05, 0.1) is 11.3 Å². The fraction of sp³-hybridized carbons (Fsp3) is 0.179. The van der Waals surface area contributed by atoms with E-state index in [0.717, 1.165) is 11.3 Å². The average Bonchev–Trinajstić information content (AvgIpc) is 3.35. The summed E-state index contributed by atoms with van der Waals surface area (Å²) in [6.07, 6.45) is 4.69. The van der Waals surface area contributed by atoms with Crippen molar-refractivity contribution in [2.45, 2.75) is 25.3 Å². The highest BCUT2D eigenvalue weighted by Crippen LogP contribution is 2.45. The summed E-state index contributed by atoms with van der Waals surface area (Å²) in [6.45, 7) is 1.49. The van der Waals surface area contributed by atoms with Crippen molar-refractivity contribution in [2.24, 2.45) is 5.92 Å². The van der Waals surface area contributed by atoms with Gasteiger partial charge in [-0.3, -0.25) is 9.69 Å². The van der Waals surface area contributed by atoms with Gasteiger partial charge in [-0.25, -0.2) is 9.59 Å². The van der Waals surface area contributed by atoms with Crippen molar-refractivity contribution in [1.29, 1.82) is 0 Å². The lowest BCUT2D eigenvalue weighted by Gasteiger charge is -2.35. The SMILES string of the molecule is CC(=O)N(c1ccccc1)c1ccc(OC(=O)c2cccc3c2NC(C(=O)O)C2CC=CC32)cc1. The number of para-hydroxylation sites is 2. The zero-order valence-corrected chi connectivity index (χ0v) is 19.0. The summed E-state index contributed by atoms with van der Waals surface area (Å²) in [5.41, 5.74) is 3.06. The quantitative estimate of drug-likeness (QED) is 0.306. The summed E-state index contributed by atoms with van der Waals surface area (Å²) >= 11 is 0. The first-order valence-corrected chi connectivity index (χ1v) is 11.4. The number of esters is 1. The van der Waals surface area contributed by atoms with E-state index in [-0.39, 0.29) is 23.3 Å². The highest BCUT2D eigenvalue weighted by atomic mass is 16.5. The lowest BCUT2D eigenvalue weighted by molar-refractivity contribution is -0.139. The smallest absolute Gasteiger partial charge is 0.345 e. The van der Waals surface area contributed by atoms with Crippen LogP contribution in [0.5, 0.6) is 5.75 Å². The predicted molar refractivity (Wildman–Crippen MR) is 132 cm³/mol.